The van der Waals surface area contributed by atoms with Crippen LogP contribution in [0, 0.1) is 0 Å². The maximum absolute atomic E-state index is 11.3. The molecule has 0 radical (unpaired) electrons. The number of rotatable bonds is 4. The number of carboxylic acid groups (broad SMARTS) is 1. The monoisotopic (exact) mass is 319 g/mol. The van der Waals surface area contributed by atoms with Crippen LogP contribution in [0.1, 0.15) is 24.8 Å². The molecule has 0 amide bonds. The highest BCUT2D eigenvalue weighted by molar-refractivity contribution is 6.30. The molecule has 1 aliphatic rings. The van der Waals surface area contributed by atoms with Crippen molar-refractivity contribution in [3.63, 3.8) is 0 Å². The van der Waals surface area contributed by atoms with Gasteiger partial charge in [0.15, 0.2) is 0 Å². The second-order valence-electron chi connectivity index (χ2n) is 5.59. The molecule has 1 aliphatic heterocycles. The number of halogens is 1. The van der Waals surface area contributed by atoms with Gasteiger partial charge in [0.05, 0.1) is 11.9 Å². The summed E-state index contributed by atoms with van der Waals surface area (Å²) in [7, 11) is 0. The molecule has 22 heavy (non-hydrogen) atoms. The van der Waals surface area contributed by atoms with Gasteiger partial charge >= 0.3 is 5.97 Å². The molecular weight excluding hydrogens is 302 g/mol. The third kappa shape index (κ3) is 3.31. The van der Waals surface area contributed by atoms with E-state index >= 15 is 0 Å². The number of piperidine rings is 1. The van der Waals surface area contributed by atoms with E-state index in [1.165, 1.54) is 0 Å². The van der Waals surface area contributed by atoms with Crippen molar-refractivity contribution in [1.82, 2.24) is 14.7 Å². The van der Waals surface area contributed by atoms with Crippen LogP contribution in [0.5, 0.6) is 0 Å². The molecule has 1 N–H and O–H groups in total. The number of carbonyl (C=O) groups is 1. The van der Waals surface area contributed by atoms with Crippen molar-refractivity contribution in [1.29, 1.82) is 0 Å². The van der Waals surface area contributed by atoms with Gasteiger partial charge in [0.25, 0.3) is 0 Å². The van der Waals surface area contributed by atoms with Gasteiger partial charge in [-0.1, -0.05) is 18.0 Å². The van der Waals surface area contributed by atoms with Gasteiger partial charge < -0.3 is 5.11 Å². The Labute approximate surface area is 134 Å². The quantitative estimate of drug-likeness (QED) is 0.941. The Morgan fingerprint density at radius 1 is 1.32 bits per heavy atom. The molecule has 1 unspecified atom stereocenters. The summed E-state index contributed by atoms with van der Waals surface area (Å²) in [6.07, 6.45) is 6.49. The molecule has 1 atom stereocenters. The summed E-state index contributed by atoms with van der Waals surface area (Å²) < 4.78 is 1.78. The molecule has 2 heterocycles. The summed E-state index contributed by atoms with van der Waals surface area (Å²) in [5.41, 5.74) is 1.95. The first-order valence-electron chi connectivity index (χ1n) is 7.40. The normalized spacial score (nSPS) is 19.2. The SMILES string of the molecule is O=C(O)C1CCCCN1Cc1cnn(-c2ccc(Cl)cc2)c1. The molecule has 1 aromatic heterocycles. The Morgan fingerprint density at radius 2 is 2.09 bits per heavy atom. The largest absolute Gasteiger partial charge is 0.480 e. The van der Waals surface area contributed by atoms with Crippen LogP contribution in [-0.4, -0.2) is 38.3 Å². The van der Waals surface area contributed by atoms with Gasteiger partial charge in [-0.15, -0.1) is 0 Å². The van der Waals surface area contributed by atoms with Crippen molar-refractivity contribution in [2.75, 3.05) is 6.54 Å². The van der Waals surface area contributed by atoms with E-state index in [4.69, 9.17) is 11.6 Å². The average Bonchev–Trinajstić information content (AvgIpc) is 2.97. The first kappa shape index (κ1) is 15.1. The van der Waals surface area contributed by atoms with E-state index in [1.54, 1.807) is 10.9 Å². The van der Waals surface area contributed by atoms with Crippen molar-refractivity contribution in [2.24, 2.45) is 0 Å². The molecule has 5 nitrogen and oxygen atoms in total. The predicted octanol–water partition coefficient (Wildman–Crippen LogP) is 2.96. The topological polar surface area (TPSA) is 58.4 Å². The van der Waals surface area contributed by atoms with Crippen LogP contribution in [0.25, 0.3) is 5.69 Å². The van der Waals surface area contributed by atoms with Gasteiger partial charge in [0.1, 0.15) is 6.04 Å². The van der Waals surface area contributed by atoms with Crippen LogP contribution < -0.4 is 0 Å². The van der Waals surface area contributed by atoms with E-state index < -0.39 is 5.97 Å². The summed E-state index contributed by atoms with van der Waals surface area (Å²) in [6, 6.07) is 7.07. The second kappa shape index (κ2) is 6.50. The second-order valence-corrected chi connectivity index (χ2v) is 6.03. The van der Waals surface area contributed by atoms with E-state index in [0.29, 0.717) is 11.6 Å². The third-order valence-corrected chi connectivity index (χ3v) is 4.26. The van der Waals surface area contributed by atoms with Crippen molar-refractivity contribution in [2.45, 2.75) is 31.8 Å². The number of carboxylic acids is 1. The standard InChI is InChI=1S/C16H18ClN3O2/c17-13-4-6-14(7-5-13)20-11-12(9-18-20)10-19-8-2-1-3-15(19)16(21)22/h4-7,9,11,15H,1-3,8,10H2,(H,21,22). The fourth-order valence-corrected chi connectivity index (χ4v) is 3.00. The fourth-order valence-electron chi connectivity index (χ4n) is 2.87. The summed E-state index contributed by atoms with van der Waals surface area (Å²) in [5, 5.41) is 14.4. The molecule has 1 fully saturated rings. The zero-order valence-corrected chi connectivity index (χ0v) is 12.9. The molecule has 0 spiro atoms. The molecule has 0 bridgehead atoms. The van der Waals surface area contributed by atoms with E-state index in [1.807, 2.05) is 35.4 Å². The smallest absolute Gasteiger partial charge is 0.320 e. The lowest BCUT2D eigenvalue weighted by atomic mass is 10.0. The van der Waals surface area contributed by atoms with Crippen LogP contribution in [-0.2, 0) is 11.3 Å². The molecule has 3 rings (SSSR count). The minimum absolute atomic E-state index is 0.382. The zero-order valence-electron chi connectivity index (χ0n) is 12.2. The van der Waals surface area contributed by atoms with Crippen molar-refractivity contribution in [3.05, 3.63) is 47.2 Å². The number of benzene rings is 1. The Hall–Kier alpha value is -1.85. The Balaban J connectivity index is 1.73. The first-order chi connectivity index (χ1) is 10.6. The Bertz CT molecular complexity index is 654. The minimum Gasteiger partial charge on any atom is -0.480 e. The zero-order chi connectivity index (χ0) is 15.5. The van der Waals surface area contributed by atoms with Crippen LogP contribution in [0.15, 0.2) is 36.7 Å². The molecule has 0 saturated carbocycles. The lowest BCUT2D eigenvalue weighted by Crippen LogP contribution is -2.43. The summed E-state index contributed by atoms with van der Waals surface area (Å²) >= 11 is 5.89. The van der Waals surface area contributed by atoms with E-state index in [2.05, 4.69) is 5.10 Å². The van der Waals surface area contributed by atoms with Crippen LogP contribution in [0.4, 0.5) is 0 Å². The molecule has 1 saturated heterocycles. The van der Waals surface area contributed by atoms with E-state index in [9.17, 15) is 9.90 Å². The van der Waals surface area contributed by atoms with E-state index in [0.717, 1.165) is 37.1 Å². The molecule has 1 aromatic carbocycles. The molecular formula is C16H18ClN3O2. The highest BCUT2D eigenvalue weighted by Crippen LogP contribution is 2.20. The van der Waals surface area contributed by atoms with Gasteiger partial charge in [0, 0.05) is 23.3 Å². The Morgan fingerprint density at radius 3 is 2.82 bits per heavy atom. The van der Waals surface area contributed by atoms with Crippen LogP contribution in [0.2, 0.25) is 5.02 Å². The molecule has 116 valence electrons. The predicted molar refractivity (Wildman–Crippen MR) is 84.3 cm³/mol. The number of aliphatic carboxylic acids is 1. The van der Waals surface area contributed by atoms with Gasteiger partial charge in [0.2, 0.25) is 0 Å². The summed E-state index contributed by atoms with van der Waals surface area (Å²) in [5.74, 6) is -0.732. The average molecular weight is 320 g/mol. The van der Waals surface area contributed by atoms with Crippen LogP contribution in [0.3, 0.4) is 0 Å². The van der Waals surface area contributed by atoms with Gasteiger partial charge in [-0.25, -0.2) is 4.68 Å². The van der Waals surface area contributed by atoms with Crippen LogP contribution >= 0.6 is 11.6 Å². The highest BCUT2D eigenvalue weighted by Gasteiger charge is 2.28. The summed E-state index contributed by atoms with van der Waals surface area (Å²) in [4.78, 5) is 13.4. The maximum atomic E-state index is 11.3. The lowest BCUT2D eigenvalue weighted by Gasteiger charge is -2.32. The lowest BCUT2D eigenvalue weighted by molar-refractivity contribution is -0.144. The molecule has 6 heteroatoms. The van der Waals surface area contributed by atoms with Crippen molar-refractivity contribution in [3.8, 4) is 5.69 Å². The number of aromatic nitrogens is 2. The molecule has 0 aliphatic carbocycles. The Kier molecular flexibility index (Phi) is 4.45. The molecule has 2 aromatic rings. The van der Waals surface area contributed by atoms with Crippen molar-refractivity contribution >= 4 is 17.6 Å². The summed E-state index contributed by atoms with van der Waals surface area (Å²) in [6.45, 7) is 1.44. The number of likely N-dealkylation sites (tertiary alicyclic amines) is 1. The van der Waals surface area contributed by atoms with E-state index in [-0.39, 0.29) is 6.04 Å². The van der Waals surface area contributed by atoms with Gasteiger partial charge in [-0.05, 0) is 43.7 Å². The number of hydrogen-bond donors (Lipinski definition) is 1. The number of hydrogen-bond acceptors (Lipinski definition) is 3. The highest BCUT2D eigenvalue weighted by atomic mass is 35.5. The first-order valence-corrected chi connectivity index (χ1v) is 7.77. The number of nitrogens with zero attached hydrogens (tertiary/aromatic N) is 3. The van der Waals surface area contributed by atoms with Gasteiger partial charge in [-0.2, -0.15) is 5.10 Å². The maximum Gasteiger partial charge on any atom is 0.320 e. The van der Waals surface area contributed by atoms with Crippen molar-refractivity contribution < 1.29 is 9.90 Å². The van der Waals surface area contributed by atoms with Gasteiger partial charge in [-0.3, -0.25) is 9.69 Å². The fraction of sp³-hybridized carbons (Fsp3) is 0.375. The minimum atomic E-state index is -0.732. The third-order valence-electron chi connectivity index (χ3n) is 4.01.